The van der Waals surface area contributed by atoms with Crippen molar-refractivity contribution in [1.29, 1.82) is 0 Å². The van der Waals surface area contributed by atoms with Crippen LogP contribution in [0.4, 0.5) is 0 Å². The zero-order chi connectivity index (χ0) is 15.9. The first-order chi connectivity index (χ1) is 10.5. The molecule has 0 bridgehead atoms. The van der Waals surface area contributed by atoms with E-state index in [1.165, 1.54) is 6.92 Å². The zero-order valence-corrected chi connectivity index (χ0v) is 13.4. The van der Waals surface area contributed by atoms with Crippen LogP contribution >= 0.6 is 11.6 Å². The average Bonchev–Trinajstić information content (AvgIpc) is 2.98. The molecule has 1 saturated heterocycles. The summed E-state index contributed by atoms with van der Waals surface area (Å²) < 4.78 is 5.47. The highest BCUT2D eigenvalue weighted by Gasteiger charge is 2.19. The SMILES string of the molecule is CC(=O)N[C@@H](CC(=O)NC[C@H]1CCCO1)c1ccc(Cl)cc1. The molecule has 22 heavy (non-hydrogen) atoms. The Labute approximate surface area is 135 Å². The second-order valence-electron chi connectivity index (χ2n) is 5.45. The molecule has 1 aliphatic heterocycles. The number of hydrogen-bond donors (Lipinski definition) is 2. The second kappa shape index (κ2) is 8.15. The Kier molecular flexibility index (Phi) is 6.21. The van der Waals surface area contributed by atoms with Crippen LogP contribution in [0.3, 0.4) is 0 Å². The molecule has 5 nitrogen and oxygen atoms in total. The fourth-order valence-electron chi connectivity index (χ4n) is 2.48. The molecule has 1 aromatic rings. The van der Waals surface area contributed by atoms with Gasteiger partial charge in [0.15, 0.2) is 0 Å². The molecule has 6 heteroatoms. The maximum atomic E-state index is 12.1. The maximum absolute atomic E-state index is 12.1. The van der Waals surface area contributed by atoms with Crippen molar-refractivity contribution in [3.63, 3.8) is 0 Å². The van der Waals surface area contributed by atoms with Crippen molar-refractivity contribution in [2.24, 2.45) is 0 Å². The van der Waals surface area contributed by atoms with E-state index in [4.69, 9.17) is 16.3 Å². The van der Waals surface area contributed by atoms with Crippen molar-refractivity contribution in [3.05, 3.63) is 34.9 Å². The van der Waals surface area contributed by atoms with Crippen molar-refractivity contribution in [2.75, 3.05) is 13.2 Å². The number of carbonyl (C=O) groups excluding carboxylic acids is 2. The molecule has 1 heterocycles. The minimum atomic E-state index is -0.362. The molecule has 0 aromatic heterocycles. The minimum Gasteiger partial charge on any atom is -0.376 e. The molecular weight excluding hydrogens is 304 g/mol. The lowest BCUT2D eigenvalue weighted by Crippen LogP contribution is -2.36. The van der Waals surface area contributed by atoms with E-state index in [0.29, 0.717) is 11.6 Å². The summed E-state index contributed by atoms with van der Waals surface area (Å²) in [7, 11) is 0. The van der Waals surface area contributed by atoms with E-state index >= 15 is 0 Å². The van der Waals surface area contributed by atoms with Gasteiger partial charge in [0.05, 0.1) is 18.6 Å². The Bertz CT molecular complexity index is 513. The number of hydrogen-bond acceptors (Lipinski definition) is 3. The van der Waals surface area contributed by atoms with Crippen molar-refractivity contribution in [1.82, 2.24) is 10.6 Å². The summed E-state index contributed by atoms with van der Waals surface area (Å²) in [6.07, 6.45) is 2.32. The summed E-state index contributed by atoms with van der Waals surface area (Å²) in [6, 6.07) is 6.76. The topological polar surface area (TPSA) is 67.4 Å². The third-order valence-corrected chi connectivity index (χ3v) is 3.84. The highest BCUT2D eigenvalue weighted by Crippen LogP contribution is 2.19. The Balaban J connectivity index is 1.91. The fourth-order valence-corrected chi connectivity index (χ4v) is 2.61. The molecule has 0 unspecified atom stereocenters. The molecule has 2 rings (SSSR count). The summed E-state index contributed by atoms with van der Waals surface area (Å²) in [5, 5.41) is 6.29. The molecule has 0 saturated carbocycles. The molecule has 2 amide bonds. The molecule has 1 aromatic carbocycles. The third-order valence-electron chi connectivity index (χ3n) is 3.59. The quantitative estimate of drug-likeness (QED) is 0.843. The fraction of sp³-hybridized carbons (Fsp3) is 0.500. The van der Waals surface area contributed by atoms with Crippen LogP contribution in [0.15, 0.2) is 24.3 Å². The standard InChI is InChI=1S/C16H21ClN2O3/c1-11(20)19-15(12-4-6-13(17)7-5-12)9-16(21)18-10-14-3-2-8-22-14/h4-7,14-15H,2-3,8-10H2,1H3,(H,18,21)(H,19,20)/t14-,15+/m1/s1. The monoisotopic (exact) mass is 324 g/mol. The van der Waals surface area contributed by atoms with Crippen LogP contribution in [-0.2, 0) is 14.3 Å². The van der Waals surface area contributed by atoms with E-state index in [2.05, 4.69) is 10.6 Å². The lowest BCUT2D eigenvalue weighted by atomic mass is 10.0. The van der Waals surface area contributed by atoms with Gasteiger partial charge in [0.25, 0.3) is 0 Å². The number of ether oxygens (including phenoxy) is 1. The van der Waals surface area contributed by atoms with Crippen LogP contribution in [0, 0.1) is 0 Å². The first-order valence-corrected chi connectivity index (χ1v) is 7.83. The third kappa shape index (κ3) is 5.31. The average molecular weight is 325 g/mol. The molecular formula is C16H21ClN2O3. The van der Waals surface area contributed by atoms with Crippen LogP contribution in [0.25, 0.3) is 0 Å². The lowest BCUT2D eigenvalue weighted by Gasteiger charge is -2.19. The Hall–Kier alpha value is -1.59. The summed E-state index contributed by atoms with van der Waals surface area (Å²) >= 11 is 5.87. The van der Waals surface area contributed by atoms with Crippen LogP contribution in [-0.4, -0.2) is 31.1 Å². The first kappa shape index (κ1) is 16.8. The van der Waals surface area contributed by atoms with Gasteiger partial charge in [0, 0.05) is 25.1 Å². The number of halogens is 1. The van der Waals surface area contributed by atoms with Gasteiger partial charge in [0.2, 0.25) is 11.8 Å². The van der Waals surface area contributed by atoms with Gasteiger partial charge in [0.1, 0.15) is 0 Å². The van der Waals surface area contributed by atoms with E-state index < -0.39 is 0 Å². The molecule has 0 aliphatic carbocycles. The normalized spacial score (nSPS) is 18.7. The molecule has 2 atom stereocenters. The van der Waals surface area contributed by atoms with Gasteiger partial charge in [-0.2, -0.15) is 0 Å². The Morgan fingerprint density at radius 3 is 2.68 bits per heavy atom. The van der Waals surface area contributed by atoms with Crippen molar-refractivity contribution < 1.29 is 14.3 Å². The Morgan fingerprint density at radius 2 is 2.09 bits per heavy atom. The van der Waals surface area contributed by atoms with Crippen molar-refractivity contribution in [2.45, 2.75) is 38.3 Å². The number of amides is 2. The van der Waals surface area contributed by atoms with Gasteiger partial charge in [-0.15, -0.1) is 0 Å². The van der Waals surface area contributed by atoms with Gasteiger partial charge in [-0.05, 0) is 30.5 Å². The van der Waals surface area contributed by atoms with Crippen molar-refractivity contribution >= 4 is 23.4 Å². The van der Waals surface area contributed by atoms with Crippen LogP contribution in [0.1, 0.15) is 37.8 Å². The molecule has 0 radical (unpaired) electrons. The van der Waals surface area contributed by atoms with E-state index in [9.17, 15) is 9.59 Å². The summed E-state index contributed by atoms with van der Waals surface area (Å²) in [6.45, 7) is 2.72. The minimum absolute atomic E-state index is 0.107. The largest absolute Gasteiger partial charge is 0.376 e. The summed E-state index contributed by atoms with van der Waals surface area (Å²) in [5.74, 6) is -0.281. The summed E-state index contributed by atoms with van der Waals surface area (Å²) in [5.41, 5.74) is 0.854. The van der Waals surface area contributed by atoms with Crippen LogP contribution < -0.4 is 10.6 Å². The zero-order valence-electron chi connectivity index (χ0n) is 12.6. The molecule has 0 spiro atoms. The highest BCUT2D eigenvalue weighted by atomic mass is 35.5. The molecule has 1 fully saturated rings. The molecule has 1 aliphatic rings. The van der Waals surface area contributed by atoms with E-state index in [-0.39, 0.29) is 30.4 Å². The number of nitrogens with one attached hydrogen (secondary N) is 2. The predicted molar refractivity (Wildman–Crippen MR) is 84.6 cm³/mol. The van der Waals surface area contributed by atoms with E-state index in [0.717, 1.165) is 25.0 Å². The smallest absolute Gasteiger partial charge is 0.222 e. The maximum Gasteiger partial charge on any atom is 0.222 e. The lowest BCUT2D eigenvalue weighted by molar-refractivity contribution is -0.123. The van der Waals surface area contributed by atoms with E-state index in [1.807, 2.05) is 12.1 Å². The van der Waals surface area contributed by atoms with Gasteiger partial charge in [-0.1, -0.05) is 23.7 Å². The number of benzene rings is 1. The van der Waals surface area contributed by atoms with Crippen LogP contribution in [0.2, 0.25) is 5.02 Å². The van der Waals surface area contributed by atoms with Crippen molar-refractivity contribution in [3.8, 4) is 0 Å². The second-order valence-corrected chi connectivity index (χ2v) is 5.88. The van der Waals surface area contributed by atoms with Gasteiger partial charge in [-0.3, -0.25) is 9.59 Å². The van der Waals surface area contributed by atoms with Gasteiger partial charge in [-0.25, -0.2) is 0 Å². The molecule has 2 N–H and O–H groups in total. The molecule has 120 valence electrons. The van der Waals surface area contributed by atoms with Gasteiger partial charge < -0.3 is 15.4 Å². The predicted octanol–water partition coefficient (Wildman–Crippen LogP) is 2.20. The van der Waals surface area contributed by atoms with Crippen LogP contribution in [0.5, 0.6) is 0 Å². The Morgan fingerprint density at radius 1 is 1.36 bits per heavy atom. The first-order valence-electron chi connectivity index (χ1n) is 7.45. The van der Waals surface area contributed by atoms with Gasteiger partial charge >= 0.3 is 0 Å². The number of carbonyl (C=O) groups is 2. The summed E-state index contributed by atoms with van der Waals surface area (Å²) in [4.78, 5) is 23.4. The van der Waals surface area contributed by atoms with E-state index in [1.54, 1.807) is 12.1 Å². The highest BCUT2D eigenvalue weighted by molar-refractivity contribution is 6.30. The number of rotatable bonds is 6.